The first-order chi connectivity index (χ1) is 44.8. The van der Waals surface area contributed by atoms with Crippen LogP contribution in [0, 0.1) is 5.41 Å². The highest BCUT2D eigenvalue weighted by molar-refractivity contribution is 7.09. The summed E-state index contributed by atoms with van der Waals surface area (Å²) >= 11 is 1.27. The number of aliphatic hydroxyl groups excluding tert-OH is 2. The van der Waals surface area contributed by atoms with Gasteiger partial charge in [-0.3, -0.25) is 58.1 Å². The Morgan fingerprint density at radius 1 is 0.670 bits per heavy atom. The van der Waals surface area contributed by atoms with Gasteiger partial charge in [-0.1, -0.05) is 49.2 Å². The molecule has 11 atom stereocenters. The number of aliphatic carboxylic acids is 1. The Hall–Kier alpha value is -8.69. The van der Waals surface area contributed by atoms with Crippen molar-refractivity contribution in [3.8, 4) is 0 Å². The number of benzene rings is 1. The van der Waals surface area contributed by atoms with Gasteiger partial charge in [0.05, 0.1) is 25.3 Å². The topological polar surface area (TPSA) is 533 Å². The predicted molar refractivity (Wildman–Crippen MR) is 347 cm³/mol. The minimum absolute atomic E-state index is 0.00593. The van der Waals surface area contributed by atoms with E-state index in [4.69, 9.17) is 40.1 Å². The van der Waals surface area contributed by atoms with Gasteiger partial charge in [-0.25, -0.2) is 4.79 Å². The fraction of sp³-hybridized carbons (Fsp3) is 0.623. The Bertz CT molecular complexity index is 3080. The second kappa shape index (κ2) is 33.9. The third kappa shape index (κ3) is 19.2. The number of carbonyl (C=O) groups is 10. The Labute approximate surface area is 548 Å². The van der Waals surface area contributed by atoms with Crippen LogP contribution in [0.3, 0.4) is 0 Å². The zero-order valence-corrected chi connectivity index (χ0v) is 53.7. The van der Waals surface area contributed by atoms with Crippen molar-refractivity contribution in [3.63, 3.8) is 0 Å². The smallest absolute Gasteiger partial charge is 0.326 e. The van der Waals surface area contributed by atoms with Crippen LogP contribution in [0.2, 0.25) is 0 Å². The molecule has 4 aliphatic heterocycles. The summed E-state index contributed by atoms with van der Waals surface area (Å²) in [6.45, 7) is -1.38. The molecular formula is C61H93N19O13S. The van der Waals surface area contributed by atoms with E-state index in [9.17, 15) is 58.5 Å². The number of amides is 9. The third-order valence-electron chi connectivity index (χ3n) is 18.3. The minimum atomic E-state index is -1.75. The number of nitrogens with one attached hydrogen (secondary N) is 6. The van der Waals surface area contributed by atoms with Crippen LogP contribution in [0.25, 0.3) is 0 Å². The number of aliphatic imine (C=N–C) groups is 3. The van der Waals surface area contributed by atoms with E-state index in [2.05, 4.69) is 46.9 Å². The summed E-state index contributed by atoms with van der Waals surface area (Å²) in [6.07, 6.45) is 4.59. The van der Waals surface area contributed by atoms with Crippen molar-refractivity contribution in [1.29, 1.82) is 0 Å². The molecule has 5 fully saturated rings. The summed E-state index contributed by atoms with van der Waals surface area (Å²) in [4.78, 5) is 159. The maximum atomic E-state index is 15.8. The summed E-state index contributed by atoms with van der Waals surface area (Å²) in [5.74, 6) is -8.41. The number of likely N-dealkylation sites (tertiary alicyclic amines) is 2. The molecule has 32 nitrogen and oxygen atoms in total. The lowest BCUT2D eigenvalue weighted by Crippen LogP contribution is -2.66. The van der Waals surface area contributed by atoms with Crippen LogP contribution in [0.15, 0.2) is 62.8 Å². The molecule has 1 aromatic heterocycles. The zero-order chi connectivity index (χ0) is 68.3. The molecule has 1 spiro atoms. The summed E-state index contributed by atoms with van der Waals surface area (Å²) in [7, 11) is 0. The molecule has 516 valence electrons. The summed E-state index contributed by atoms with van der Waals surface area (Å²) in [6, 6.07) is 1.75. The van der Waals surface area contributed by atoms with Gasteiger partial charge in [-0.2, -0.15) is 0 Å². The highest BCUT2D eigenvalue weighted by Gasteiger charge is 2.61. The molecule has 5 heterocycles. The molecule has 2 aromatic rings. The zero-order valence-electron chi connectivity index (χ0n) is 52.8. The molecule has 33 heteroatoms. The van der Waals surface area contributed by atoms with Gasteiger partial charge in [0, 0.05) is 62.9 Å². The Morgan fingerprint density at radius 2 is 1.31 bits per heavy atom. The lowest BCUT2D eigenvalue weighted by Gasteiger charge is -2.40. The summed E-state index contributed by atoms with van der Waals surface area (Å²) in [5.41, 5.74) is 37.4. The first kappa shape index (κ1) is 72.7. The van der Waals surface area contributed by atoms with E-state index >= 15 is 4.79 Å². The molecule has 4 saturated heterocycles. The van der Waals surface area contributed by atoms with Crippen molar-refractivity contribution in [2.75, 3.05) is 45.9 Å². The van der Waals surface area contributed by atoms with Crippen LogP contribution >= 0.6 is 11.3 Å². The SMILES string of the molecule is NC(N)=NCCC[C@@H](N)C(=O)N[C@@H](CCCN=C(N)N)C(=O)N1CCC[C@H]1C(=O)N1CC(O)C[C@H]1C(=O)NCC(=O)N[C@@H](Cc1cccs1)C(=O)N[C@@H](CO)C(=O)N[C@@]1(Cc2ccccc2)CCCC2N(C1=O)[C@H](C(=O)N[C@@H](CCCN=C(N)N)C(=O)O)CC21CCCC1. The van der Waals surface area contributed by atoms with Crippen molar-refractivity contribution >= 4 is 88.3 Å². The molecule has 2 unspecified atom stereocenters. The van der Waals surface area contributed by atoms with Gasteiger partial charge < -0.3 is 102 Å². The molecule has 1 aliphatic carbocycles. The number of carboxylic acids is 1. The van der Waals surface area contributed by atoms with E-state index in [1.54, 1.807) is 52.7 Å². The van der Waals surface area contributed by atoms with Gasteiger partial charge in [0.2, 0.25) is 53.2 Å². The number of rotatable bonds is 32. The molecule has 0 radical (unpaired) electrons. The highest BCUT2D eigenvalue weighted by atomic mass is 32.1. The van der Waals surface area contributed by atoms with Crippen molar-refractivity contribution in [2.45, 2.75) is 188 Å². The first-order valence-electron chi connectivity index (χ1n) is 32.1. The number of nitrogens with zero attached hydrogens (tertiary/aromatic N) is 6. The lowest BCUT2D eigenvalue weighted by molar-refractivity contribution is -0.149. The number of carbonyl (C=O) groups excluding carboxylic acids is 9. The summed E-state index contributed by atoms with van der Waals surface area (Å²) in [5, 5.41) is 49.8. The van der Waals surface area contributed by atoms with Gasteiger partial charge >= 0.3 is 5.97 Å². The average molecular weight is 1330 g/mol. The first-order valence-corrected chi connectivity index (χ1v) is 33.0. The lowest BCUT2D eigenvalue weighted by atomic mass is 9.76. The molecule has 1 aromatic carbocycles. The van der Waals surface area contributed by atoms with Crippen LogP contribution < -0.4 is 72.0 Å². The molecule has 94 heavy (non-hydrogen) atoms. The quantitative estimate of drug-likeness (QED) is 0.0187. The number of hydrogen-bond donors (Lipinski definition) is 16. The minimum Gasteiger partial charge on any atom is -0.480 e. The fourth-order valence-electron chi connectivity index (χ4n) is 13.8. The van der Waals surface area contributed by atoms with Crippen LogP contribution in [-0.2, 0) is 60.8 Å². The fourth-order valence-corrected chi connectivity index (χ4v) is 14.5. The Morgan fingerprint density at radius 3 is 1.93 bits per heavy atom. The summed E-state index contributed by atoms with van der Waals surface area (Å²) < 4.78 is 0. The van der Waals surface area contributed by atoms with Crippen LogP contribution in [0.1, 0.15) is 120 Å². The van der Waals surface area contributed by atoms with Crippen molar-refractivity contribution < 1.29 is 63.3 Å². The van der Waals surface area contributed by atoms with E-state index in [1.165, 1.54) is 16.2 Å². The van der Waals surface area contributed by atoms with Gasteiger partial charge in [0.15, 0.2) is 17.9 Å². The molecular weight excluding hydrogens is 1240 g/mol. The van der Waals surface area contributed by atoms with Gasteiger partial charge in [-0.05, 0) is 112 Å². The third-order valence-corrected chi connectivity index (χ3v) is 19.2. The maximum Gasteiger partial charge on any atom is 0.326 e. The van der Waals surface area contributed by atoms with Crippen LogP contribution in [-0.4, -0.2) is 219 Å². The number of β-amino-alcohol motifs (C(OH)–C–C–N with tert-alkyl or cyclic N) is 1. The van der Waals surface area contributed by atoms with Crippen molar-refractivity contribution in [1.82, 2.24) is 46.6 Å². The number of fused-ring (bicyclic) bond motifs is 2. The van der Waals surface area contributed by atoms with E-state index in [0.717, 1.165) is 30.6 Å². The van der Waals surface area contributed by atoms with E-state index < -0.39 is 144 Å². The monoisotopic (exact) mass is 1330 g/mol. The van der Waals surface area contributed by atoms with Crippen molar-refractivity contribution in [3.05, 3.63) is 58.3 Å². The standard InChI is InChI=1S/C61H93N19O13S/c62-38(15-7-23-69-57(63)64)48(84)74-39(16-8-24-70-58(65)66)53(89)78-26-10-18-43(78)54(90)79-33-36(82)28-44(79)51(87)72-32-47(83)73-41(29-37-14-11-27-94-37)49(85)76-42(34-81)50(86)77-61(30-35-12-2-1-3-13-35)22-6-19-46-60(20-4-5-21-60)31-45(80(46)56(61)93)52(88)75-40(55(91)92)17-9-25-71-59(67)68/h1-3,11-14,27,36,38-46,81-82H,4-10,15-26,28-34,62H2,(H,72,87)(H,73,83)(H,74,84)(H,75,88)(H,76,85)(H,77,86)(H,91,92)(H4,63,64,69)(H4,65,66,70)(H4,67,68,71)/t36?,38-,39+,40+,41+,42+,43+,44+,45+,46?,61-/m1/s1. The van der Waals surface area contributed by atoms with Gasteiger partial charge in [0.25, 0.3) is 0 Å². The number of aliphatic hydroxyl groups is 2. The number of nitrogens with two attached hydrogens (primary N) is 7. The number of guanidine groups is 3. The normalized spacial score (nSPS) is 22.9. The van der Waals surface area contributed by atoms with Crippen LogP contribution in [0.5, 0.6) is 0 Å². The van der Waals surface area contributed by atoms with Crippen molar-refractivity contribution in [2.24, 2.45) is 60.5 Å². The Balaban J connectivity index is 1.03. The van der Waals surface area contributed by atoms with Crippen LogP contribution in [0.4, 0.5) is 0 Å². The van der Waals surface area contributed by atoms with Gasteiger partial charge in [0.1, 0.15) is 47.8 Å². The number of thiophene rings is 1. The largest absolute Gasteiger partial charge is 0.480 e. The maximum absolute atomic E-state index is 15.8. The van der Waals surface area contributed by atoms with E-state index in [-0.39, 0.29) is 121 Å². The molecule has 7 rings (SSSR count). The van der Waals surface area contributed by atoms with E-state index in [1.807, 2.05) is 0 Å². The predicted octanol–water partition coefficient (Wildman–Crippen LogP) is -4.32. The molecule has 23 N–H and O–H groups in total. The highest BCUT2D eigenvalue weighted by Crippen LogP contribution is 2.55. The second-order valence-electron chi connectivity index (χ2n) is 25.0. The Kier molecular flexibility index (Phi) is 26.3. The molecule has 5 aliphatic rings. The second-order valence-corrected chi connectivity index (χ2v) is 26.0. The molecule has 1 saturated carbocycles. The van der Waals surface area contributed by atoms with E-state index in [0.29, 0.717) is 36.1 Å². The molecule has 0 bridgehead atoms. The number of carboxylic acid groups (broad SMARTS) is 1. The van der Waals surface area contributed by atoms with Gasteiger partial charge in [-0.15, -0.1) is 11.3 Å². The molecule has 9 amide bonds. The number of hydrogen-bond acceptors (Lipinski definition) is 17. The average Bonchev–Trinajstić information content (AvgIpc) is 1.56.